The zero-order valence-electron chi connectivity index (χ0n) is 15.8. The summed E-state index contributed by atoms with van der Waals surface area (Å²) in [5.74, 6) is -0.667. The Morgan fingerprint density at radius 3 is 2.31 bits per heavy atom. The SMILES string of the molecule is Cn1c(-c2ccccc2)nc2c(c1=O)CN(C(=O)c1ccc(C(=O)O)cc1)CC2. The minimum atomic E-state index is -1.04. The van der Waals surface area contributed by atoms with Crippen molar-refractivity contribution in [1.29, 1.82) is 0 Å². The molecule has 3 aromatic rings. The summed E-state index contributed by atoms with van der Waals surface area (Å²) in [6.45, 7) is 0.629. The van der Waals surface area contributed by atoms with E-state index in [0.717, 1.165) is 11.3 Å². The van der Waals surface area contributed by atoms with Crippen LogP contribution in [0.5, 0.6) is 0 Å². The topological polar surface area (TPSA) is 92.5 Å². The van der Waals surface area contributed by atoms with Gasteiger partial charge in [0.15, 0.2) is 0 Å². The molecule has 1 aromatic heterocycles. The molecule has 0 unspecified atom stereocenters. The summed E-state index contributed by atoms with van der Waals surface area (Å²) in [4.78, 5) is 43.1. The number of carboxylic acid groups (broad SMARTS) is 1. The zero-order chi connectivity index (χ0) is 20.5. The number of hydrogen-bond acceptors (Lipinski definition) is 4. The number of carboxylic acids is 1. The molecule has 1 aliphatic rings. The van der Waals surface area contributed by atoms with Crippen LogP contribution in [-0.2, 0) is 20.0 Å². The van der Waals surface area contributed by atoms with Gasteiger partial charge in [-0.15, -0.1) is 0 Å². The van der Waals surface area contributed by atoms with E-state index in [2.05, 4.69) is 0 Å². The lowest BCUT2D eigenvalue weighted by molar-refractivity contribution is 0.0692. The maximum atomic E-state index is 13.0. The van der Waals surface area contributed by atoms with Gasteiger partial charge in [-0.2, -0.15) is 0 Å². The third-order valence-electron chi connectivity index (χ3n) is 5.14. The predicted octanol–water partition coefficient (Wildman–Crippen LogP) is 2.34. The maximum Gasteiger partial charge on any atom is 0.335 e. The first-order valence-electron chi connectivity index (χ1n) is 9.22. The molecule has 0 bridgehead atoms. The maximum absolute atomic E-state index is 13.0. The van der Waals surface area contributed by atoms with E-state index in [1.54, 1.807) is 11.9 Å². The van der Waals surface area contributed by atoms with Crippen LogP contribution in [-0.4, -0.2) is 38.0 Å². The number of rotatable bonds is 3. The van der Waals surface area contributed by atoms with Gasteiger partial charge in [0, 0.05) is 31.1 Å². The fourth-order valence-corrected chi connectivity index (χ4v) is 3.53. The highest BCUT2D eigenvalue weighted by Crippen LogP contribution is 2.21. The van der Waals surface area contributed by atoms with Gasteiger partial charge in [0.25, 0.3) is 11.5 Å². The van der Waals surface area contributed by atoms with Crippen molar-refractivity contribution in [3.63, 3.8) is 0 Å². The average molecular weight is 389 g/mol. The van der Waals surface area contributed by atoms with Gasteiger partial charge in [0.2, 0.25) is 0 Å². The number of fused-ring (bicyclic) bond motifs is 1. The molecule has 1 amide bonds. The molecule has 0 saturated carbocycles. The Labute approximate surface area is 166 Å². The molecule has 7 nitrogen and oxygen atoms in total. The first kappa shape index (κ1) is 18.6. The van der Waals surface area contributed by atoms with Gasteiger partial charge < -0.3 is 10.0 Å². The molecular formula is C22H19N3O4. The molecule has 0 saturated heterocycles. The molecule has 2 heterocycles. The quantitative estimate of drug-likeness (QED) is 0.742. The molecule has 0 radical (unpaired) electrons. The lowest BCUT2D eigenvalue weighted by Gasteiger charge is -2.28. The van der Waals surface area contributed by atoms with E-state index >= 15 is 0 Å². The highest BCUT2D eigenvalue weighted by atomic mass is 16.4. The van der Waals surface area contributed by atoms with Gasteiger partial charge in [-0.1, -0.05) is 30.3 Å². The lowest BCUT2D eigenvalue weighted by atomic mass is 10.0. The predicted molar refractivity (Wildman–Crippen MR) is 107 cm³/mol. The zero-order valence-corrected chi connectivity index (χ0v) is 15.8. The molecule has 0 atom stereocenters. The molecule has 4 rings (SSSR count). The van der Waals surface area contributed by atoms with E-state index < -0.39 is 5.97 Å². The second-order valence-electron chi connectivity index (χ2n) is 6.95. The minimum absolute atomic E-state index is 0.122. The monoisotopic (exact) mass is 389 g/mol. The lowest BCUT2D eigenvalue weighted by Crippen LogP contribution is -2.41. The van der Waals surface area contributed by atoms with Crippen LogP contribution >= 0.6 is 0 Å². The van der Waals surface area contributed by atoms with Crippen molar-refractivity contribution in [2.45, 2.75) is 13.0 Å². The summed E-state index contributed by atoms with van der Waals surface area (Å²) in [5.41, 5.74) is 2.46. The molecule has 0 spiro atoms. The molecule has 7 heteroatoms. The van der Waals surface area contributed by atoms with E-state index in [-0.39, 0.29) is 23.6 Å². The normalized spacial score (nSPS) is 13.1. The number of nitrogens with zero attached hydrogens (tertiary/aromatic N) is 3. The molecule has 1 N–H and O–H groups in total. The first-order valence-corrected chi connectivity index (χ1v) is 9.22. The molecule has 1 aliphatic heterocycles. The fraction of sp³-hybridized carbons (Fsp3) is 0.182. The first-order chi connectivity index (χ1) is 14.0. The van der Waals surface area contributed by atoms with Crippen molar-refractivity contribution in [2.24, 2.45) is 7.05 Å². The van der Waals surface area contributed by atoms with Crippen molar-refractivity contribution >= 4 is 11.9 Å². The van der Waals surface area contributed by atoms with E-state index in [4.69, 9.17) is 10.1 Å². The van der Waals surface area contributed by atoms with Gasteiger partial charge >= 0.3 is 5.97 Å². The summed E-state index contributed by atoms with van der Waals surface area (Å²) in [7, 11) is 1.68. The van der Waals surface area contributed by atoms with Crippen molar-refractivity contribution in [3.05, 3.63) is 87.3 Å². The Balaban J connectivity index is 1.63. The number of benzene rings is 2. The Hall–Kier alpha value is -3.74. The van der Waals surface area contributed by atoms with Crippen LogP contribution in [0.2, 0.25) is 0 Å². The van der Waals surface area contributed by atoms with E-state index in [9.17, 15) is 14.4 Å². The third kappa shape index (κ3) is 3.42. The second-order valence-corrected chi connectivity index (χ2v) is 6.95. The van der Waals surface area contributed by atoms with Crippen LogP contribution in [0.3, 0.4) is 0 Å². The minimum Gasteiger partial charge on any atom is -0.478 e. The molecule has 0 aliphatic carbocycles. The number of aromatic nitrogens is 2. The standard InChI is InChI=1S/C22H19N3O4/c1-24-19(14-5-3-2-4-6-14)23-18-11-12-25(13-17(18)21(24)27)20(26)15-7-9-16(10-8-15)22(28)29/h2-10H,11-13H2,1H3,(H,28,29). The van der Waals surface area contributed by atoms with Gasteiger partial charge in [0.1, 0.15) is 5.82 Å². The molecule has 2 aromatic carbocycles. The van der Waals surface area contributed by atoms with Crippen LogP contribution in [0.25, 0.3) is 11.4 Å². The van der Waals surface area contributed by atoms with Crippen LogP contribution in [0.4, 0.5) is 0 Å². The summed E-state index contributed by atoms with van der Waals surface area (Å²) in [6, 6.07) is 15.3. The van der Waals surface area contributed by atoms with Crippen LogP contribution in [0, 0.1) is 0 Å². The van der Waals surface area contributed by atoms with Crippen LogP contribution in [0.15, 0.2) is 59.4 Å². The number of aromatic carboxylic acids is 1. The summed E-state index contributed by atoms with van der Waals surface area (Å²) in [6.07, 6.45) is 0.490. The Morgan fingerprint density at radius 1 is 1.00 bits per heavy atom. The number of amides is 1. The van der Waals surface area contributed by atoms with Crippen molar-refractivity contribution in [1.82, 2.24) is 14.5 Å². The molecule has 146 valence electrons. The second kappa shape index (κ2) is 7.35. The molecule has 0 fully saturated rings. The Kier molecular flexibility index (Phi) is 4.72. The van der Waals surface area contributed by atoms with Crippen LogP contribution in [0.1, 0.15) is 32.0 Å². The van der Waals surface area contributed by atoms with Gasteiger partial charge in [-0.05, 0) is 24.3 Å². The van der Waals surface area contributed by atoms with Gasteiger partial charge in [-0.25, -0.2) is 9.78 Å². The van der Waals surface area contributed by atoms with E-state index in [1.165, 1.54) is 28.8 Å². The van der Waals surface area contributed by atoms with E-state index in [0.29, 0.717) is 29.9 Å². The smallest absolute Gasteiger partial charge is 0.335 e. The van der Waals surface area contributed by atoms with Gasteiger partial charge in [-0.3, -0.25) is 14.2 Å². The molecule has 29 heavy (non-hydrogen) atoms. The number of carbonyl (C=O) groups is 2. The van der Waals surface area contributed by atoms with Crippen molar-refractivity contribution < 1.29 is 14.7 Å². The summed E-state index contributed by atoms with van der Waals surface area (Å²) < 4.78 is 1.52. The average Bonchev–Trinajstić information content (AvgIpc) is 2.76. The number of hydrogen-bond donors (Lipinski definition) is 1. The Bertz CT molecular complexity index is 1150. The van der Waals surface area contributed by atoms with Gasteiger partial charge in [0.05, 0.1) is 23.4 Å². The summed E-state index contributed by atoms with van der Waals surface area (Å²) in [5, 5.41) is 8.99. The van der Waals surface area contributed by atoms with Crippen LogP contribution < -0.4 is 5.56 Å². The Morgan fingerprint density at radius 2 is 1.66 bits per heavy atom. The largest absolute Gasteiger partial charge is 0.478 e. The summed E-state index contributed by atoms with van der Waals surface area (Å²) >= 11 is 0. The number of carbonyl (C=O) groups excluding carboxylic acids is 1. The third-order valence-corrected chi connectivity index (χ3v) is 5.14. The van der Waals surface area contributed by atoms with Crippen molar-refractivity contribution in [2.75, 3.05) is 6.54 Å². The fourth-order valence-electron chi connectivity index (χ4n) is 3.53. The molecular weight excluding hydrogens is 370 g/mol. The highest BCUT2D eigenvalue weighted by molar-refractivity contribution is 5.96. The van der Waals surface area contributed by atoms with E-state index in [1.807, 2.05) is 30.3 Å². The van der Waals surface area contributed by atoms with Crippen molar-refractivity contribution in [3.8, 4) is 11.4 Å². The highest BCUT2D eigenvalue weighted by Gasteiger charge is 2.26.